The monoisotopic (exact) mass is 243 g/mol. The second-order valence-corrected chi connectivity index (χ2v) is 4.55. The number of rotatable bonds is 3. The van der Waals surface area contributed by atoms with Crippen molar-refractivity contribution in [2.24, 2.45) is 5.92 Å². The van der Waals surface area contributed by atoms with Crippen LogP contribution in [-0.4, -0.2) is 20.2 Å². The molecule has 2 rings (SSSR count). The predicted octanol–water partition coefficient (Wildman–Crippen LogP) is 2.64. The molecule has 1 aromatic rings. The Hall–Kier alpha value is -0.800. The van der Waals surface area contributed by atoms with Crippen molar-refractivity contribution in [2.75, 3.05) is 20.2 Å². The fraction of sp³-hybridized carbons (Fsp3) is 0.500. The highest BCUT2D eigenvalue weighted by molar-refractivity contribution is 6.32. The van der Waals surface area contributed by atoms with E-state index in [-0.39, 0.29) is 5.82 Å². The Kier molecular flexibility index (Phi) is 3.66. The molecule has 1 aromatic carbocycles. The van der Waals surface area contributed by atoms with Gasteiger partial charge >= 0.3 is 0 Å². The molecule has 1 N–H and O–H groups in total. The molecule has 0 amide bonds. The SMILES string of the molecule is COc1c(Cl)cc(F)cc1CC1CCNC1. The van der Waals surface area contributed by atoms with Gasteiger partial charge in [0.05, 0.1) is 12.1 Å². The molecular formula is C12H15ClFNO. The van der Waals surface area contributed by atoms with E-state index in [9.17, 15) is 4.39 Å². The zero-order valence-corrected chi connectivity index (χ0v) is 9.98. The first-order valence-electron chi connectivity index (χ1n) is 5.43. The fourth-order valence-corrected chi connectivity index (χ4v) is 2.50. The van der Waals surface area contributed by atoms with Crippen LogP contribution < -0.4 is 10.1 Å². The topological polar surface area (TPSA) is 21.3 Å². The lowest BCUT2D eigenvalue weighted by Crippen LogP contribution is -2.11. The maximum Gasteiger partial charge on any atom is 0.140 e. The Balaban J connectivity index is 2.23. The van der Waals surface area contributed by atoms with Crippen LogP contribution in [0, 0.1) is 11.7 Å². The summed E-state index contributed by atoms with van der Waals surface area (Å²) in [6.45, 7) is 2.02. The van der Waals surface area contributed by atoms with E-state index in [2.05, 4.69) is 5.32 Å². The van der Waals surface area contributed by atoms with Gasteiger partial charge in [-0.05, 0) is 49.5 Å². The molecule has 0 bridgehead atoms. The van der Waals surface area contributed by atoms with Gasteiger partial charge in [0.25, 0.3) is 0 Å². The lowest BCUT2D eigenvalue weighted by atomic mass is 9.98. The van der Waals surface area contributed by atoms with E-state index in [1.807, 2.05) is 0 Å². The molecule has 0 saturated carbocycles. The van der Waals surface area contributed by atoms with E-state index >= 15 is 0 Å². The lowest BCUT2D eigenvalue weighted by Gasteiger charge is -2.13. The van der Waals surface area contributed by atoms with E-state index in [4.69, 9.17) is 16.3 Å². The van der Waals surface area contributed by atoms with Crippen molar-refractivity contribution in [2.45, 2.75) is 12.8 Å². The van der Waals surface area contributed by atoms with Gasteiger partial charge in [0.2, 0.25) is 0 Å². The number of hydrogen-bond acceptors (Lipinski definition) is 2. The number of hydrogen-bond donors (Lipinski definition) is 1. The molecule has 1 saturated heterocycles. The van der Waals surface area contributed by atoms with Gasteiger partial charge in [0.1, 0.15) is 11.6 Å². The summed E-state index contributed by atoms with van der Waals surface area (Å²) in [7, 11) is 1.56. The first-order valence-corrected chi connectivity index (χ1v) is 5.81. The first-order chi connectivity index (χ1) is 7.70. The van der Waals surface area contributed by atoms with E-state index in [1.165, 1.54) is 12.1 Å². The lowest BCUT2D eigenvalue weighted by molar-refractivity contribution is 0.404. The summed E-state index contributed by atoms with van der Waals surface area (Å²) in [5, 5.41) is 3.64. The molecule has 0 aliphatic carbocycles. The van der Waals surface area contributed by atoms with Crippen molar-refractivity contribution in [3.63, 3.8) is 0 Å². The number of ether oxygens (including phenoxy) is 1. The highest BCUT2D eigenvalue weighted by Crippen LogP contribution is 2.32. The van der Waals surface area contributed by atoms with E-state index < -0.39 is 0 Å². The minimum Gasteiger partial charge on any atom is -0.495 e. The highest BCUT2D eigenvalue weighted by atomic mass is 35.5. The maximum atomic E-state index is 13.3. The van der Waals surface area contributed by atoms with Gasteiger partial charge in [-0.2, -0.15) is 0 Å². The Morgan fingerprint density at radius 3 is 3.00 bits per heavy atom. The van der Waals surface area contributed by atoms with Crippen LogP contribution >= 0.6 is 11.6 Å². The average molecular weight is 244 g/mol. The molecule has 0 spiro atoms. The molecule has 0 aromatic heterocycles. The van der Waals surface area contributed by atoms with Crippen LogP contribution in [-0.2, 0) is 6.42 Å². The van der Waals surface area contributed by atoms with Crippen LogP contribution in [0.15, 0.2) is 12.1 Å². The molecule has 1 fully saturated rings. The second-order valence-electron chi connectivity index (χ2n) is 4.14. The second kappa shape index (κ2) is 5.02. The molecule has 1 aliphatic heterocycles. The third-order valence-electron chi connectivity index (χ3n) is 2.96. The van der Waals surface area contributed by atoms with Crippen LogP contribution in [0.4, 0.5) is 4.39 Å². The van der Waals surface area contributed by atoms with Gasteiger partial charge in [-0.1, -0.05) is 11.6 Å². The van der Waals surface area contributed by atoms with E-state index in [0.29, 0.717) is 16.7 Å². The number of halogens is 2. The summed E-state index contributed by atoms with van der Waals surface area (Å²) in [6.07, 6.45) is 1.94. The first kappa shape index (κ1) is 11.7. The van der Waals surface area contributed by atoms with Crippen LogP contribution in [0.25, 0.3) is 0 Å². The number of nitrogens with one attached hydrogen (secondary N) is 1. The Morgan fingerprint density at radius 1 is 1.56 bits per heavy atom. The summed E-state index contributed by atoms with van der Waals surface area (Å²) in [5.74, 6) is 0.855. The number of benzene rings is 1. The molecule has 88 valence electrons. The molecular weight excluding hydrogens is 229 g/mol. The fourth-order valence-electron chi connectivity index (χ4n) is 2.19. The van der Waals surface area contributed by atoms with Crippen LogP contribution in [0.5, 0.6) is 5.75 Å². The quantitative estimate of drug-likeness (QED) is 0.881. The van der Waals surface area contributed by atoms with Crippen molar-refractivity contribution < 1.29 is 9.13 Å². The summed E-state index contributed by atoms with van der Waals surface area (Å²) >= 11 is 5.94. The Bertz CT molecular complexity index is 378. The summed E-state index contributed by atoms with van der Waals surface area (Å²) < 4.78 is 18.5. The zero-order valence-electron chi connectivity index (χ0n) is 9.22. The van der Waals surface area contributed by atoms with E-state index in [1.54, 1.807) is 7.11 Å². The molecule has 1 unspecified atom stereocenters. The molecule has 4 heteroatoms. The van der Waals surface area contributed by atoms with Crippen LogP contribution in [0.3, 0.4) is 0 Å². The van der Waals surface area contributed by atoms with Gasteiger partial charge in [-0.3, -0.25) is 0 Å². The molecule has 0 radical (unpaired) electrons. The van der Waals surface area contributed by atoms with Gasteiger partial charge in [0, 0.05) is 0 Å². The summed E-state index contributed by atoms with van der Waals surface area (Å²) in [4.78, 5) is 0. The van der Waals surface area contributed by atoms with Gasteiger partial charge in [0.15, 0.2) is 0 Å². The standard InChI is InChI=1S/C12H15ClFNO/c1-16-12-9(4-8-2-3-15-7-8)5-10(14)6-11(12)13/h5-6,8,15H,2-4,7H2,1H3. The molecule has 1 heterocycles. The normalized spacial score (nSPS) is 20.1. The Labute approximate surface area is 99.7 Å². The van der Waals surface area contributed by atoms with Crippen molar-refractivity contribution in [3.8, 4) is 5.75 Å². The largest absolute Gasteiger partial charge is 0.495 e. The van der Waals surface area contributed by atoms with Crippen LogP contribution in [0.2, 0.25) is 5.02 Å². The highest BCUT2D eigenvalue weighted by Gasteiger charge is 2.18. The Morgan fingerprint density at radius 2 is 2.38 bits per heavy atom. The third kappa shape index (κ3) is 2.47. The molecule has 2 nitrogen and oxygen atoms in total. The minimum atomic E-state index is -0.299. The van der Waals surface area contributed by atoms with Gasteiger partial charge < -0.3 is 10.1 Å². The average Bonchev–Trinajstić information content (AvgIpc) is 2.70. The van der Waals surface area contributed by atoms with Gasteiger partial charge in [-0.15, -0.1) is 0 Å². The summed E-state index contributed by atoms with van der Waals surface area (Å²) in [5.41, 5.74) is 0.862. The van der Waals surface area contributed by atoms with Crippen molar-refractivity contribution in [1.82, 2.24) is 5.32 Å². The minimum absolute atomic E-state index is 0.299. The van der Waals surface area contributed by atoms with Crippen molar-refractivity contribution in [3.05, 3.63) is 28.5 Å². The maximum absolute atomic E-state index is 13.3. The third-order valence-corrected chi connectivity index (χ3v) is 3.24. The molecule has 1 aliphatic rings. The van der Waals surface area contributed by atoms with E-state index in [0.717, 1.165) is 31.5 Å². The zero-order chi connectivity index (χ0) is 11.5. The van der Waals surface area contributed by atoms with Gasteiger partial charge in [-0.25, -0.2) is 4.39 Å². The van der Waals surface area contributed by atoms with Crippen molar-refractivity contribution >= 4 is 11.6 Å². The molecule has 16 heavy (non-hydrogen) atoms. The molecule has 1 atom stereocenters. The predicted molar refractivity (Wildman–Crippen MR) is 62.6 cm³/mol. The smallest absolute Gasteiger partial charge is 0.140 e. The van der Waals surface area contributed by atoms with Crippen molar-refractivity contribution in [1.29, 1.82) is 0 Å². The number of methoxy groups -OCH3 is 1. The van der Waals surface area contributed by atoms with Crippen LogP contribution in [0.1, 0.15) is 12.0 Å². The summed E-state index contributed by atoms with van der Waals surface area (Å²) in [6, 6.07) is 2.81.